The highest BCUT2D eigenvalue weighted by atomic mass is 16.7. The van der Waals surface area contributed by atoms with Gasteiger partial charge in [0, 0.05) is 12.7 Å². The Morgan fingerprint density at radius 1 is 0.824 bits per heavy atom. The van der Waals surface area contributed by atoms with Crippen molar-refractivity contribution in [3.8, 4) is 28.7 Å². The molecule has 1 unspecified atom stereocenters. The largest absolute Gasteiger partial charge is 0.493 e. The van der Waals surface area contributed by atoms with E-state index in [1.165, 1.54) is 28.4 Å². The fourth-order valence-electron chi connectivity index (χ4n) is 3.35. The molecule has 0 aliphatic carbocycles. The summed E-state index contributed by atoms with van der Waals surface area (Å²) in [6, 6.07) is 8.14. The first-order valence-electron chi connectivity index (χ1n) is 10.2. The number of rotatable bonds is 13. The van der Waals surface area contributed by atoms with Gasteiger partial charge in [-0.3, -0.25) is 0 Å². The minimum atomic E-state index is -1.87. The van der Waals surface area contributed by atoms with Crippen LogP contribution in [0.25, 0.3) is 0 Å². The van der Waals surface area contributed by atoms with Crippen molar-refractivity contribution < 1.29 is 38.3 Å². The van der Waals surface area contributed by atoms with Gasteiger partial charge in [0.05, 0.1) is 41.7 Å². The van der Waals surface area contributed by atoms with Crippen LogP contribution < -0.4 is 23.7 Å². The van der Waals surface area contributed by atoms with Gasteiger partial charge in [-0.15, -0.1) is 10.2 Å². The molecule has 0 saturated carbocycles. The number of methoxy groups -OCH3 is 5. The van der Waals surface area contributed by atoms with Crippen molar-refractivity contribution >= 4 is 0 Å². The van der Waals surface area contributed by atoms with E-state index in [4.69, 9.17) is 33.2 Å². The van der Waals surface area contributed by atoms with Crippen LogP contribution in [-0.4, -0.2) is 81.3 Å². The summed E-state index contributed by atoms with van der Waals surface area (Å²) in [5.41, 5.74) is -1.16. The number of tetrazole rings is 1. The summed E-state index contributed by atoms with van der Waals surface area (Å²) in [6.07, 6.45) is 0. The summed E-state index contributed by atoms with van der Waals surface area (Å²) in [7, 11) is 7.55. The van der Waals surface area contributed by atoms with Gasteiger partial charge in [-0.25, -0.2) is 0 Å². The Morgan fingerprint density at radius 3 is 2.06 bits per heavy atom. The molecule has 3 aromatic rings. The van der Waals surface area contributed by atoms with Crippen LogP contribution in [-0.2, 0) is 15.1 Å². The Bertz CT molecular complexity index is 1040. The maximum absolute atomic E-state index is 12.1. The van der Waals surface area contributed by atoms with Crippen molar-refractivity contribution in [1.29, 1.82) is 0 Å². The van der Waals surface area contributed by atoms with Gasteiger partial charge < -0.3 is 38.3 Å². The number of aromatic nitrogens is 4. The standard InChI is InChI=1S/C22H28N4O8/c1-28-8-9-33-13-34-17-10-14(6-7-16(17)29-2)22(27,21-23-25-26-24-21)15-11-18(30-3)20(32-5)19(12-15)31-4/h6-7,10-12,27H,8-9,13H2,1-5H3,(H,23,24,25,26). The average Bonchev–Trinajstić information content (AvgIpc) is 3.42. The van der Waals surface area contributed by atoms with E-state index in [0.717, 1.165) is 0 Å². The Morgan fingerprint density at radius 2 is 1.50 bits per heavy atom. The second-order valence-electron chi connectivity index (χ2n) is 6.89. The first-order valence-corrected chi connectivity index (χ1v) is 10.2. The van der Waals surface area contributed by atoms with Crippen LogP contribution in [0.3, 0.4) is 0 Å². The summed E-state index contributed by atoms with van der Waals surface area (Å²) in [5, 5.41) is 26.2. The molecule has 1 atom stereocenters. The highest BCUT2D eigenvalue weighted by Crippen LogP contribution is 2.45. The van der Waals surface area contributed by atoms with Gasteiger partial charge in [0.2, 0.25) is 11.6 Å². The van der Waals surface area contributed by atoms with Gasteiger partial charge in [-0.1, -0.05) is 11.3 Å². The minimum absolute atomic E-state index is 0.00534. The lowest BCUT2D eigenvalue weighted by Crippen LogP contribution is -2.31. The molecule has 12 nitrogen and oxygen atoms in total. The zero-order valence-corrected chi connectivity index (χ0v) is 19.7. The molecule has 12 heteroatoms. The predicted octanol–water partition coefficient (Wildman–Crippen LogP) is 1.52. The van der Waals surface area contributed by atoms with Crippen LogP contribution in [0.15, 0.2) is 30.3 Å². The van der Waals surface area contributed by atoms with Crippen molar-refractivity contribution in [2.24, 2.45) is 0 Å². The number of hydrogen-bond donors (Lipinski definition) is 2. The van der Waals surface area contributed by atoms with Gasteiger partial charge in [0.15, 0.2) is 35.4 Å². The number of hydrogen-bond acceptors (Lipinski definition) is 11. The molecule has 0 saturated heterocycles. The number of aromatic amines is 1. The maximum atomic E-state index is 12.1. The van der Waals surface area contributed by atoms with Crippen molar-refractivity contribution in [2.45, 2.75) is 5.60 Å². The number of benzene rings is 2. The highest BCUT2D eigenvalue weighted by molar-refractivity contribution is 5.58. The third kappa shape index (κ3) is 4.98. The summed E-state index contributed by atoms with van der Waals surface area (Å²) in [5.74, 6) is 1.84. The SMILES string of the molecule is COCCOCOc1cc(C(O)(c2cc(OC)c(OC)c(OC)c2)c2nn[nH]n2)ccc1OC. The predicted molar refractivity (Wildman–Crippen MR) is 119 cm³/mol. The smallest absolute Gasteiger partial charge is 0.215 e. The molecule has 2 aromatic carbocycles. The molecule has 2 N–H and O–H groups in total. The second kappa shape index (κ2) is 11.5. The zero-order valence-electron chi connectivity index (χ0n) is 19.7. The normalized spacial score (nSPS) is 12.6. The van der Waals surface area contributed by atoms with E-state index in [1.807, 2.05) is 0 Å². The second-order valence-corrected chi connectivity index (χ2v) is 6.89. The quantitative estimate of drug-likeness (QED) is 0.274. The number of nitrogens with one attached hydrogen (secondary N) is 1. The van der Waals surface area contributed by atoms with E-state index < -0.39 is 5.60 Å². The molecule has 1 heterocycles. The molecule has 34 heavy (non-hydrogen) atoms. The molecule has 0 aliphatic rings. The van der Waals surface area contributed by atoms with E-state index in [0.29, 0.717) is 53.1 Å². The summed E-state index contributed by atoms with van der Waals surface area (Å²) in [4.78, 5) is 0. The molecular weight excluding hydrogens is 448 g/mol. The van der Waals surface area contributed by atoms with Crippen molar-refractivity contribution in [3.63, 3.8) is 0 Å². The van der Waals surface area contributed by atoms with E-state index >= 15 is 0 Å². The van der Waals surface area contributed by atoms with E-state index in [2.05, 4.69) is 20.6 Å². The fourth-order valence-corrected chi connectivity index (χ4v) is 3.35. The molecule has 0 spiro atoms. The fraction of sp³-hybridized carbons (Fsp3) is 0.409. The maximum Gasteiger partial charge on any atom is 0.215 e. The lowest BCUT2D eigenvalue weighted by atomic mass is 9.85. The molecule has 3 rings (SSSR count). The molecule has 1 aromatic heterocycles. The molecule has 0 fully saturated rings. The van der Waals surface area contributed by atoms with Gasteiger partial charge in [-0.05, 0) is 29.8 Å². The zero-order chi connectivity index (χ0) is 24.6. The molecule has 0 bridgehead atoms. The van der Waals surface area contributed by atoms with Crippen molar-refractivity contribution in [1.82, 2.24) is 20.6 Å². The van der Waals surface area contributed by atoms with Gasteiger partial charge >= 0.3 is 0 Å². The summed E-state index contributed by atoms with van der Waals surface area (Å²) in [6.45, 7) is 0.740. The Hall–Kier alpha value is -3.61. The monoisotopic (exact) mass is 476 g/mol. The topological polar surface area (TPSA) is 139 Å². The number of ether oxygens (including phenoxy) is 7. The summed E-state index contributed by atoms with van der Waals surface area (Å²) >= 11 is 0. The molecule has 184 valence electrons. The Kier molecular flexibility index (Phi) is 8.46. The van der Waals surface area contributed by atoms with Crippen LogP contribution in [0.5, 0.6) is 28.7 Å². The lowest BCUT2D eigenvalue weighted by Gasteiger charge is -2.28. The van der Waals surface area contributed by atoms with E-state index in [9.17, 15) is 5.11 Å². The number of nitrogens with zero attached hydrogens (tertiary/aromatic N) is 3. The molecular formula is C22H28N4O8. The van der Waals surface area contributed by atoms with E-state index in [-0.39, 0.29) is 12.6 Å². The third-order valence-electron chi connectivity index (χ3n) is 5.06. The van der Waals surface area contributed by atoms with Gasteiger partial charge in [0.25, 0.3) is 0 Å². The van der Waals surface area contributed by atoms with Crippen molar-refractivity contribution in [3.05, 3.63) is 47.3 Å². The molecule has 0 aliphatic heterocycles. The Labute approximate surface area is 196 Å². The van der Waals surface area contributed by atoms with Crippen LogP contribution in [0.1, 0.15) is 17.0 Å². The van der Waals surface area contributed by atoms with Gasteiger partial charge in [0.1, 0.15) is 0 Å². The van der Waals surface area contributed by atoms with Gasteiger partial charge in [-0.2, -0.15) is 5.21 Å². The Balaban J connectivity index is 2.11. The van der Waals surface area contributed by atoms with Crippen LogP contribution in [0.2, 0.25) is 0 Å². The number of aliphatic hydroxyl groups is 1. The van der Waals surface area contributed by atoms with Crippen LogP contribution >= 0.6 is 0 Å². The van der Waals surface area contributed by atoms with E-state index in [1.54, 1.807) is 37.4 Å². The third-order valence-corrected chi connectivity index (χ3v) is 5.06. The van der Waals surface area contributed by atoms with Crippen LogP contribution in [0.4, 0.5) is 0 Å². The lowest BCUT2D eigenvalue weighted by molar-refractivity contribution is -0.00964. The average molecular weight is 476 g/mol. The number of H-pyrrole nitrogens is 1. The highest BCUT2D eigenvalue weighted by Gasteiger charge is 2.40. The summed E-state index contributed by atoms with van der Waals surface area (Å²) < 4.78 is 37.8. The van der Waals surface area contributed by atoms with Crippen LogP contribution in [0, 0.1) is 0 Å². The first-order chi connectivity index (χ1) is 16.5. The molecule has 0 amide bonds. The minimum Gasteiger partial charge on any atom is -0.493 e. The first kappa shape index (κ1) is 25.0. The molecule has 0 radical (unpaired) electrons. The van der Waals surface area contributed by atoms with Crippen molar-refractivity contribution in [2.75, 3.05) is 55.6 Å².